The molecule has 0 aliphatic rings. The lowest BCUT2D eigenvalue weighted by Gasteiger charge is -2.08. The van der Waals surface area contributed by atoms with Gasteiger partial charge in [0.2, 0.25) is 0 Å². The van der Waals surface area contributed by atoms with E-state index >= 15 is 0 Å². The van der Waals surface area contributed by atoms with Crippen LogP contribution in [0.25, 0.3) is 0 Å². The number of hydrogen-bond acceptors (Lipinski definition) is 4. The van der Waals surface area contributed by atoms with Crippen LogP contribution in [0, 0.1) is 6.92 Å². The maximum absolute atomic E-state index is 12.4. The highest BCUT2D eigenvalue weighted by Gasteiger charge is 2.29. The molecule has 21 heavy (non-hydrogen) atoms. The highest BCUT2D eigenvalue weighted by atomic mass is 19.4. The third kappa shape index (κ3) is 3.84. The van der Waals surface area contributed by atoms with Gasteiger partial charge in [-0.05, 0) is 24.6 Å². The molecule has 0 aliphatic heterocycles. The predicted molar refractivity (Wildman–Crippen MR) is 66.7 cm³/mol. The molecule has 1 aromatic heterocycles. The maximum atomic E-state index is 12.4. The van der Waals surface area contributed by atoms with Gasteiger partial charge in [-0.15, -0.1) is 0 Å². The summed E-state index contributed by atoms with van der Waals surface area (Å²) in [6.45, 7) is 1.65. The normalized spacial score (nSPS) is 11.4. The molecule has 112 valence electrons. The minimum Gasteiger partial charge on any atom is -0.462 e. The molecular weight excluding hydrogens is 287 g/mol. The Morgan fingerprint density at radius 3 is 2.48 bits per heavy atom. The lowest BCUT2D eigenvalue weighted by Crippen LogP contribution is -2.09. The molecule has 0 atom stereocenters. The Morgan fingerprint density at radius 1 is 1.29 bits per heavy atom. The van der Waals surface area contributed by atoms with E-state index in [0.29, 0.717) is 17.7 Å². The number of hydrogen-bond donors (Lipinski definition) is 0. The third-order valence-corrected chi connectivity index (χ3v) is 2.88. The first-order valence-corrected chi connectivity index (χ1v) is 6.12. The molecular formula is C14H12F3NO3. The Hall–Kier alpha value is -2.31. The number of benzene rings is 1. The standard InChI is InChI=1S/C14H12F3NO3/c1-9-12(8-18-21-9)13(19)20-7-6-10-2-4-11(5-3-10)14(15,16)17/h2-5,8H,6-7H2,1H3. The third-order valence-electron chi connectivity index (χ3n) is 2.88. The zero-order valence-electron chi connectivity index (χ0n) is 11.1. The number of nitrogens with zero attached hydrogens (tertiary/aromatic N) is 1. The van der Waals surface area contributed by atoms with E-state index in [4.69, 9.17) is 9.26 Å². The van der Waals surface area contributed by atoms with Crippen LogP contribution in [0.4, 0.5) is 13.2 Å². The summed E-state index contributed by atoms with van der Waals surface area (Å²) in [5.41, 5.74) is 0.184. The van der Waals surface area contributed by atoms with E-state index in [1.807, 2.05) is 0 Å². The van der Waals surface area contributed by atoms with Gasteiger partial charge in [0.25, 0.3) is 0 Å². The molecule has 0 fully saturated rings. The van der Waals surface area contributed by atoms with Crippen molar-refractivity contribution in [1.29, 1.82) is 0 Å². The summed E-state index contributed by atoms with van der Waals surface area (Å²) in [7, 11) is 0. The summed E-state index contributed by atoms with van der Waals surface area (Å²) < 4.78 is 46.9. The van der Waals surface area contributed by atoms with Crippen LogP contribution in [0.1, 0.15) is 27.2 Å². The van der Waals surface area contributed by atoms with Crippen LogP contribution < -0.4 is 0 Å². The number of aryl methyl sites for hydroxylation is 1. The van der Waals surface area contributed by atoms with Gasteiger partial charge in [0, 0.05) is 6.42 Å². The van der Waals surface area contributed by atoms with Crippen LogP contribution in [0.3, 0.4) is 0 Å². The summed E-state index contributed by atoms with van der Waals surface area (Å²) in [6, 6.07) is 4.73. The molecule has 0 bridgehead atoms. The minimum atomic E-state index is -4.35. The van der Waals surface area contributed by atoms with E-state index in [9.17, 15) is 18.0 Å². The Kier molecular flexibility index (Phi) is 4.30. The Morgan fingerprint density at radius 2 is 1.95 bits per heavy atom. The minimum absolute atomic E-state index is 0.0643. The van der Waals surface area contributed by atoms with Gasteiger partial charge in [-0.2, -0.15) is 13.2 Å². The van der Waals surface area contributed by atoms with E-state index in [-0.39, 0.29) is 12.2 Å². The molecule has 2 aromatic rings. The first kappa shape index (κ1) is 15.1. The van der Waals surface area contributed by atoms with Gasteiger partial charge < -0.3 is 9.26 Å². The second-order valence-corrected chi connectivity index (χ2v) is 4.38. The Bertz CT molecular complexity index is 617. The van der Waals surface area contributed by atoms with Gasteiger partial charge in [0.05, 0.1) is 18.4 Å². The van der Waals surface area contributed by atoms with Gasteiger partial charge in [0.15, 0.2) is 0 Å². The zero-order chi connectivity index (χ0) is 15.5. The summed E-state index contributed by atoms with van der Waals surface area (Å²) in [4.78, 5) is 11.6. The lowest BCUT2D eigenvalue weighted by molar-refractivity contribution is -0.137. The Balaban J connectivity index is 1.87. The summed E-state index contributed by atoms with van der Waals surface area (Å²) in [6.07, 6.45) is -2.76. The molecule has 0 aliphatic carbocycles. The van der Waals surface area contributed by atoms with Crippen LogP contribution >= 0.6 is 0 Å². The number of ether oxygens (including phenoxy) is 1. The number of halogens is 3. The molecule has 1 aromatic carbocycles. The fourth-order valence-electron chi connectivity index (χ4n) is 1.69. The van der Waals surface area contributed by atoms with Crippen molar-refractivity contribution in [3.8, 4) is 0 Å². The highest BCUT2D eigenvalue weighted by Crippen LogP contribution is 2.29. The molecule has 0 saturated carbocycles. The summed E-state index contributed by atoms with van der Waals surface area (Å²) in [5.74, 6) is -0.213. The van der Waals surface area contributed by atoms with Crippen LogP contribution in [-0.4, -0.2) is 17.7 Å². The number of esters is 1. The van der Waals surface area contributed by atoms with Gasteiger partial charge in [-0.1, -0.05) is 17.3 Å². The van der Waals surface area contributed by atoms with E-state index in [1.54, 1.807) is 6.92 Å². The molecule has 7 heteroatoms. The summed E-state index contributed by atoms with van der Waals surface area (Å²) >= 11 is 0. The number of rotatable bonds is 4. The molecule has 0 unspecified atom stereocenters. The predicted octanol–water partition coefficient (Wildman–Crippen LogP) is 3.40. The van der Waals surface area contributed by atoms with Gasteiger partial charge in [-0.25, -0.2) is 4.79 Å². The highest BCUT2D eigenvalue weighted by molar-refractivity contribution is 5.89. The SMILES string of the molecule is Cc1oncc1C(=O)OCCc1ccc(C(F)(F)F)cc1. The van der Waals surface area contributed by atoms with Crippen molar-refractivity contribution < 1.29 is 27.2 Å². The monoisotopic (exact) mass is 299 g/mol. The Labute approximate surface area is 118 Å². The molecule has 0 N–H and O–H groups in total. The number of aromatic nitrogens is 1. The van der Waals surface area contributed by atoms with Gasteiger partial charge in [-0.3, -0.25) is 0 Å². The van der Waals surface area contributed by atoms with Crippen LogP contribution in [0.5, 0.6) is 0 Å². The average Bonchev–Trinajstić information content (AvgIpc) is 2.84. The van der Waals surface area contributed by atoms with Crippen molar-refractivity contribution in [3.05, 3.63) is 52.9 Å². The second kappa shape index (κ2) is 5.99. The molecule has 0 saturated heterocycles. The second-order valence-electron chi connectivity index (χ2n) is 4.38. The van der Waals surface area contributed by atoms with Crippen molar-refractivity contribution in [2.45, 2.75) is 19.5 Å². The van der Waals surface area contributed by atoms with Crippen molar-refractivity contribution in [2.24, 2.45) is 0 Å². The largest absolute Gasteiger partial charge is 0.462 e. The average molecular weight is 299 g/mol. The smallest absolute Gasteiger partial charge is 0.416 e. The quantitative estimate of drug-likeness (QED) is 0.812. The molecule has 4 nitrogen and oxygen atoms in total. The summed E-state index contributed by atoms with van der Waals surface area (Å²) in [5, 5.41) is 3.46. The van der Waals surface area contributed by atoms with E-state index < -0.39 is 17.7 Å². The zero-order valence-corrected chi connectivity index (χ0v) is 11.1. The lowest BCUT2D eigenvalue weighted by atomic mass is 10.1. The van der Waals surface area contributed by atoms with Crippen molar-refractivity contribution in [3.63, 3.8) is 0 Å². The first-order valence-electron chi connectivity index (χ1n) is 6.12. The number of alkyl halides is 3. The van der Waals surface area contributed by atoms with E-state index in [0.717, 1.165) is 12.1 Å². The fraction of sp³-hybridized carbons (Fsp3) is 0.286. The maximum Gasteiger partial charge on any atom is 0.416 e. The fourth-order valence-corrected chi connectivity index (χ4v) is 1.69. The van der Waals surface area contributed by atoms with Crippen LogP contribution in [0.2, 0.25) is 0 Å². The van der Waals surface area contributed by atoms with E-state index in [2.05, 4.69) is 5.16 Å². The molecule has 0 radical (unpaired) electrons. The molecule has 0 amide bonds. The van der Waals surface area contributed by atoms with Crippen LogP contribution in [0.15, 0.2) is 35.0 Å². The van der Waals surface area contributed by atoms with E-state index in [1.165, 1.54) is 18.3 Å². The number of carbonyl (C=O) groups excluding carboxylic acids is 1. The van der Waals surface area contributed by atoms with Crippen LogP contribution in [-0.2, 0) is 17.3 Å². The first-order chi connectivity index (χ1) is 9.88. The van der Waals surface area contributed by atoms with Crippen molar-refractivity contribution in [1.82, 2.24) is 5.16 Å². The topological polar surface area (TPSA) is 52.3 Å². The van der Waals surface area contributed by atoms with Gasteiger partial charge >= 0.3 is 12.1 Å². The number of carbonyl (C=O) groups is 1. The molecule has 0 spiro atoms. The van der Waals surface area contributed by atoms with Gasteiger partial charge in [0.1, 0.15) is 11.3 Å². The van der Waals surface area contributed by atoms with Crippen molar-refractivity contribution in [2.75, 3.05) is 6.61 Å². The molecule has 2 rings (SSSR count). The van der Waals surface area contributed by atoms with Crippen molar-refractivity contribution >= 4 is 5.97 Å². The molecule has 1 heterocycles.